The molecular weight excluding hydrogens is 468 g/mol. The molecule has 0 saturated heterocycles. The first kappa shape index (κ1) is 23.5. The van der Waals surface area contributed by atoms with Crippen molar-refractivity contribution in [3.05, 3.63) is 100 Å². The van der Waals surface area contributed by atoms with Crippen LogP contribution in [0.1, 0.15) is 16.7 Å². The summed E-state index contributed by atoms with van der Waals surface area (Å²) in [4.78, 5) is 27.8. The van der Waals surface area contributed by atoms with Crippen molar-refractivity contribution in [2.45, 2.75) is 25.9 Å². The van der Waals surface area contributed by atoms with Gasteiger partial charge in [0.2, 0.25) is 5.91 Å². The predicted molar refractivity (Wildman–Crippen MR) is 129 cm³/mol. The van der Waals surface area contributed by atoms with Gasteiger partial charge in [0.15, 0.2) is 6.61 Å². The molecule has 0 aliphatic rings. The molecule has 32 heavy (non-hydrogen) atoms. The second-order valence-electron chi connectivity index (χ2n) is 7.57. The Kier molecular flexibility index (Phi) is 8.45. The number of ether oxygens (including phenoxy) is 1. The SMILES string of the molecule is CNC(=O)[C@@H](Cc1ccccc1)N(Cc1ccc(C)cc1)C(=O)COc1ccc(Br)cc1. The van der Waals surface area contributed by atoms with Crippen LogP contribution in [-0.2, 0) is 22.6 Å². The Morgan fingerprint density at radius 3 is 2.22 bits per heavy atom. The van der Waals surface area contributed by atoms with Crippen LogP contribution in [0.2, 0.25) is 0 Å². The van der Waals surface area contributed by atoms with Gasteiger partial charge in [-0.15, -0.1) is 0 Å². The van der Waals surface area contributed by atoms with E-state index in [4.69, 9.17) is 4.74 Å². The Morgan fingerprint density at radius 2 is 1.59 bits per heavy atom. The third-order valence-electron chi connectivity index (χ3n) is 5.17. The van der Waals surface area contributed by atoms with Gasteiger partial charge in [-0.25, -0.2) is 0 Å². The largest absolute Gasteiger partial charge is 0.484 e. The van der Waals surface area contributed by atoms with Crippen LogP contribution in [0.5, 0.6) is 5.75 Å². The number of aryl methyl sites for hydroxylation is 1. The van der Waals surface area contributed by atoms with Crippen LogP contribution in [0, 0.1) is 6.92 Å². The molecule has 3 aromatic carbocycles. The fourth-order valence-corrected chi connectivity index (χ4v) is 3.63. The minimum atomic E-state index is -0.662. The van der Waals surface area contributed by atoms with Crippen molar-refractivity contribution in [2.75, 3.05) is 13.7 Å². The highest BCUT2D eigenvalue weighted by molar-refractivity contribution is 9.10. The molecule has 1 atom stereocenters. The molecule has 6 heteroatoms. The molecule has 1 N–H and O–H groups in total. The molecule has 5 nitrogen and oxygen atoms in total. The summed E-state index contributed by atoms with van der Waals surface area (Å²) in [6, 6.07) is 24.3. The van der Waals surface area contributed by atoms with Gasteiger partial charge < -0.3 is 15.0 Å². The molecule has 0 heterocycles. The second-order valence-corrected chi connectivity index (χ2v) is 8.49. The van der Waals surface area contributed by atoms with Crippen molar-refractivity contribution in [1.82, 2.24) is 10.2 Å². The first-order valence-corrected chi connectivity index (χ1v) is 11.2. The maximum absolute atomic E-state index is 13.3. The zero-order chi connectivity index (χ0) is 22.9. The van der Waals surface area contributed by atoms with E-state index in [0.717, 1.165) is 21.2 Å². The van der Waals surface area contributed by atoms with Crippen molar-refractivity contribution < 1.29 is 14.3 Å². The minimum absolute atomic E-state index is 0.157. The van der Waals surface area contributed by atoms with E-state index in [-0.39, 0.29) is 18.4 Å². The summed E-state index contributed by atoms with van der Waals surface area (Å²) >= 11 is 3.39. The molecule has 0 saturated carbocycles. The highest BCUT2D eigenvalue weighted by Gasteiger charge is 2.30. The number of benzene rings is 3. The molecule has 166 valence electrons. The van der Waals surface area contributed by atoms with E-state index in [2.05, 4.69) is 21.2 Å². The van der Waals surface area contributed by atoms with E-state index < -0.39 is 6.04 Å². The average Bonchev–Trinajstić information content (AvgIpc) is 2.82. The molecule has 0 aliphatic heterocycles. The van der Waals surface area contributed by atoms with Gasteiger partial charge in [-0.05, 0) is 42.3 Å². The predicted octanol–water partition coefficient (Wildman–Crippen LogP) is 4.52. The smallest absolute Gasteiger partial charge is 0.261 e. The van der Waals surface area contributed by atoms with E-state index in [1.165, 1.54) is 0 Å². The average molecular weight is 495 g/mol. The summed E-state index contributed by atoms with van der Waals surface area (Å²) in [5, 5.41) is 2.72. The summed E-state index contributed by atoms with van der Waals surface area (Å²) in [5.74, 6) is 0.132. The van der Waals surface area contributed by atoms with Crippen molar-refractivity contribution in [3.8, 4) is 5.75 Å². The van der Waals surface area contributed by atoms with Crippen LogP contribution < -0.4 is 10.1 Å². The van der Waals surface area contributed by atoms with Gasteiger partial charge in [-0.1, -0.05) is 76.1 Å². The van der Waals surface area contributed by atoms with Gasteiger partial charge in [0.1, 0.15) is 11.8 Å². The van der Waals surface area contributed by atoms with Gasteiger partial charge in [-0.2, -0.15) is 0 Å². The number of rotatable bonds is 9. The normalized spacial score (nSPS) is 11.5. The molecule has 0 radical (unpaired) electrons. The zero-order valence-corrected chi connectivity index (χ0v) is 19.8. The van der Waals surface area contributed by atoms with Crippen LogP contribution in [0.25, 0.3) is 0 Å². The van der Waals surface area contributed by atoms with Gasteiger partial charge in [0, 0.05) is 24.5 Å². The summed E-state index contributed by atoms with van der Waals surface area (Å²) in [6.45, 7) is 2.17. The standard InChI is InChI=1S/C26H27BrN2O3/c1-19-8-10-21(11-9-19)17-29(25(30)18-32-23-14-12-22(27)13-15-23)24(26(31)28-2)16-20-6-4-3-5-7-20/h3-15,24H,16-18H2,1-2H3,(H,28,31)/t24-/m1/s1. The molecule has 3 aromatic rings. The number of nitrogens with zero attached hydrogens (tertiary/aromatic N) is 1. The fraction of sp³-hybridized carbons (Fsp3) is 0.231. The third-order valence-corrected chi connectivity index (χ3v) is 5.70. The number of hydrogen-bond donors (Lipinski definition) is 1. The van der Waals surface area contributed by atoms with Gasteiger partial charge in [0.25, 0.3) is 5.91 Å². The van der Waals surface area contributed by atoms with E-state index in [1.807, 2.05) is 73.7 Å². The molecular formula is C26H27BrN2O3. The van der Waals surface area contributed by atoms with E-state index >= 15 is 0 Å². The Bertz CT molecular complexity index is 1020. The number of nitrogens with one attached hydrogen (secondary N) is 1. The number of carbonyl (C=O) groups is 2. The summed E-state index contributed by atoms with van der Waals surface area (Å²) < 4.78 is 6.66. The Hall–Kier alpha value is -3.12. The molecule has 2 amide bonds. The first-order chi connectivity index (χ1) is 15.5. The number of hydrogen-bond acceptors (Lipinski definition) is 3. The molecule has 0 unspecified atom stereocenters. The lowest BCUT2D eigenvalue weighted by Gasteiger charge is -2.31. The lowest BCUT2D eigenvalue weighted by Crippen LogP contribution is -2.51. The summed E-state index contributed by atoms with van der Waals surface area (Å²) in [7, 11) is 1.59. The van der Waals surface area contributed by atoms with Gasteiger partial charge in [-0.3, -0.25) is 9.59 Å². The minimum Gasteiger partial charge on any atom is -0.484 e. The monoisotopic (exact) mass is 494 g/mol. The highest BCUT2D eigenvalue weighted by atomic mass is 79.9. The van der Waals surface area contributed by atoms with Crippen LogP contribution >= 0.6 is 15.9 Å². The number of carbonyl (C=O) groups excluding carboxylic acids is 2. The van der Waals surface area contributed by atoms with Crippen LogP contribution in [0.4, 0.5) is 0 Å². The first-order valence-electron chi connectivity index (χ1n) is 10.4. The van der Waals surface area contributed by atoms with Crippen LogP contribution in [-0.4, -0.2) is 36.4 Å². The Labute approximate surface area is 197 Å². The summed E-state index contributed by atoms with van der Waals surface area (Å²) in [5.41, 5.74) is 3.07. The Morgan fingerprint density at radius 1 is 0.938 bits per heavy atom. The maximum atomic E-state index is 13.3. The van der Waals surface area contributed by atoms with Crippen molar-refractivity contribution >= 4 is 27.7 Å². The van der Waals surface area contributed by atoms with Crippen molar-refractivity contribution in [3.63, 3.8) is 0 Å². The van der Waals surface area contributed by atoms with Crippen LogP contribution in [0.3, 0.4) is 0 Å². The van der Waals surface area contributed by atoms with Crippen molar-refractivity contribution in [1.29, 1.82) is 0 Å². The highest BCUT2D eigenvalue weighted by Crippen LogP contribution is 2.18. The van der Waals surface area contributed by atoms with Crippen LogP contribution in [0.15, 0.2) is 83.3 Å². The zero-order valence-electron chi connectivity index (χ0n) is 18.3. The number of likely N-dealkylation sites (N-methyl/N-ethyl adjacent to an activating group) is 1. The molecule has 0 fully saturated rings. The molecule has 0 aliphatic carbocycles. The summed E-state index contributed by atoms with van der Waals surface area (Å²) in [6.07, 6.45) is 0.413. The van der Waals surface area contributed by atoms with Gasteiger partial charge in [0.05, 0.1) is 0 Å². The fourth-order valence-electron chi connectivity index (χ4n) is 3.37. The Balaban J connectivity index is 1.85. The molecule has 0 spiro atoms. The molecule has 0 bridgehead atoms. The third kappa shape index (κ3) is 6.69. The molecule has 0 aromatic heterocycles. The maximum Gasteiger partial charge on any atom is 0.261 e. The van der Waals surface area contributed by atoms with E-state index in [9.17, 15) is 9.59 Å². The van der Waals surface area contributed by atoms with Gasteiger partial charge >= 0.3 is 0 Å². The van der Waals surface area contributed by atoms with E-state index in [1.54, 1.807) is 24.1 Å². The van der Waals surface area contributed by atoms with E-state index in [0.29, 0.717) is 18.7 Å². The molecule has 3 rings (SSSR count). The lowest BCUT2D eigenvalue weighted by molar-refractivity contribution is -0.142. The topological polar surface area (TPSA) is 58.6 Å². The quantitative estimate of drug-likeness (QED) is 0.475. The lowest BCUT2D eigenvalue weighted by atomic mass is 10.0. The number of amides is 2. The van der Waals surface area contributed by atoms with Crippen molar-refractivity contribution in [2.24, 2.45) is 0 Å². The second kappa shape index (κ2) is 11.5. The number of halogens is 1.